The molecule has 1 aliphatic rings. The van der Waals surface area contributed by atoms with Crippen molar-refractivity contribution < 1.29 is 19.1 Å². The van der Waals surface area contributed by atoms with Crippen molar-refractivity contribution in [2.75, 3.05) is 6.61 Å². The Labute approximate surface area is 106 Å². The molecule has 2 atom stereocenters. The maximum atomic E-state index is 11.9. The zero-order chi connectivity index (χ0) is 13.0. The van der Waals surface area contributed by atoms with E-state index in [0.717, 1.165) is 5.56 Å². The van der Waals surface area contributed by atoms with E-state index in [-0.39, 0.29) is 24.5 Å². The molecule has 1 fully saturated rings. The van der Waals surface area contributed by atoms with E-state index in [2.05, 4.69) is 0 Å². The molecule has 4 heteroatoms. The van der Waals surface area contributed by atoms with E-state index in [1.807, 2.05) is 30.3 Å². The van der Waals surface area contributed by atoms with Gasteiger partial charge in [0.2, 0.25) is 0 Å². The summed E-state index contributed by atoms with van der Waals surface area (Å²) in [6.07, 6.45) is 0.542. The number of esters is 2. The van der Waals surface area contributed by atoms with Crippen LogP contribution in [0.2, 0.25) is 0 Å². The second-order valence-electron chi connectivity index (χ2n) is 4.44. The summed E-state index contributed by atoms with van der Waals surface area (Å²) < 4.78 is 10.1. The van der Waals surface area contributed by atoms with Gasteiger partial charge in [0.1, 0.15) is 6.61 Å². The predicted octanol–water partition coefficient (Wildman–Crippen LogP) is 1.93. The Morgan fingerprint density at radius 2 is 2.11 bits per heavy atom. The molecule has 0 aromatic heterocycles. The minimum absolute atomic E-state index is 0.248. The molecule has 1 aliphatic heterocycles. The molecular weight excluding hydrogens is 232 g/mol. The van der Waals surface area contributed by atoms with Gasteiger partial charge in [-0.05, 0) is 12.0 Å². The molecule has 1 aromatic carbocycles. The molecule has 0 aliphatic carbocycles. The van der Waals surface area contributed by atoms with Crippen molar-refractivity contribution >= 4 is 11.9 Å². The Morgan fingerprint density at radius 1 is 1.39 bits per heavy atom. The molecule has 18 heavy (non-hydrogen) atoms. The van der Waals surface area contributed by atoms with Crippen LogP contribution in [0.4, 0.5) is 0 Å². The molecule has 0 amide bonds. The van der Waals surface area contributed by atoms with Crippen LogP contribution in [0, 0.1) is 11.8 Å². The van der Waals surface area contributed by atoms with E-state index in [9.17, 15) is 9.59 Å². The summed E-state index contributed by atoms with van der Waals surface area (Å²) >= 11 is 0. The van der Waals surface area contributed by atoms with E-state index in [4.69, 9.17) is 9.47 Å². The third-order valence-corrected chi connectivity index (χ3v) is 3.18. The first-order valence-electron chi connectivity index (χ1n) is 6.05. The second kappa shape index (κ2) is 5.67. The van der Waals surface area contributed by atoms with E-state index in [1.54, 1.807) is 6.92 Å². The molecule has 96 valence electrons. The molecule has 2 unspecified atom stereocenters. The lowest BCUT2D eigenvalue weighted by atomic mass is 9.89. The van der Waals surface area contributed by atoms with Crippen LogP contribution in [-0.2, 0) is 25.7 Å². The van der Waals surface area contributed by atoms with Crippen LogP contribution in [0.1, 0.15) is 18.9 Å². The van der Waals surface area contributed by atoms with Gasteiger partial charge >= 0.3 is 11.9 Å². The summed E-state index contributed by atoms with van der Waals surface area (Å²) in [4.78, 5) is 23.3. The lowest BCUT2D eigenvalue weighted by molar-refractivity contribution is -0.168. The van der Waals surface area contributed by atoms with E-state index >= 15 is 0 Å². The maximum Gasteiger partial charge on any atom is 0.310 e. The van der Waals surface area contributed by atoms with Gasteiger partial charge in [-0.1, -0.05) is 37.3 Å². The van der Waals surface area contributed by atoms with Crippen molar-refractivity contribution in [1.29, 1.82) is 0 Å². The highest BCUT2D eigenvalue weighted by atomic mass is 16.5. The first-order chi connectivity index (χ1) is 8.68. The SMILES string of the molecule is CC1C(=O)OCCC1C(=O)OCc1ccccc1. The Balaban J connectivity index is 1.90. The van der Waals surface area contributed by atoms with E-state index in [0.29, 0.717) is 13.0 Å². The number of cyclic esters (lactones) is 1. The molecule has 4 nitrogen and oxygen atoms in total. The fraction of sp³-hybridized carbons (Fsp3) is 0.429. The van der Waals surface area contributed by atoms with Crippen molar-refractivity contribution in [2.24, 2.45) is 11.8 Å². The van der Waals surface area contributed by atoms with E-state index < -0.39 is 5.92 Å². The number of ether oxygens (including phenoxy) is 2. The zero-order valence-corrected chi connectivity index (χ0v) is 10.3. The first-order valence-corrected chi connectivity index (χ1v) is 6.05. The van der Waals surface area contributed by atoms with Crippen LogP contribution in [-0.4, -0.2) is 18.5 Å². The average Bonchev–Trinajstić information content (AvgIpc) is 2.40. The van der Waals surface area contributed by atoms with Gasteiger partial charge in [0, 0.05) is 0 Å². The Hall–Kier alpha value is -1.84. The van der Waals surface area contributed by atoms with Crippen molar-refractivity contribution in [2.45, 2.75) is 20.0 Å². The van der Waals surface area contributed by atoms with E-state index in [1.165, 1.54) is 0 Å². The number of carbonyl (C=O) groups is 2. The molecule has 1 saturated heterocycles. The van der Waals surface area contributed by atoms with Crippen molar-refractivity contribution in [3.63, 3.8) is 0 Å². The highest BCUT2D eigenvalue weighted by Gasteiger charge is 2.35. The third kappa shape index (κ3) is 2.88. The fourth-order valence-corrected chi connectivity index (χ4v) is 1.99. The Bertz CT molecular complexity index is 427. The van der Waals surface area contributed by atoms with Crippen molar-refractivity contribution in [3.05, 3.63) is 35.9 Å². The molecule has 1 aromatic rings. The third-order valence-electron chi connectivity index (χ3n) is 3.18. The number of benzene rings is 1. The smallest absolute Gasteiger partial charge is 0.310 e. The molecular formula is C14H16O4. The monoisotopic (exact) mass is 248 g/mol. The Kier molecular flexibility index (Phi) is 3.97. The predicted molar refractivity (Wildman–Crippen MR) is 64.5 cm³/mol. The first kappa shape index (κ1) is 12.6. The summed E-state index contributed by atoms with van der Waals surface area (Å²) in [7, 11) is 0. The molecule has 2 rings (SSSR count). The van der Waals surface area contributed by atoms with Gasteiger partial charge in [0.15, 0.2) is 0 Å². The molecule has 0 bridgehead atoms. The normalized spacial score (nSPS) is 23.3. The second-order valence-corrected chi connectivity index (χ2v) is 4.44. The molecule has 0 spiro atoms. The van der Waals surface area contributed by atoms with Gasteiger partial charge in [-0.25, -0.2) is 0 Å². The average molecular weight is 248 g/mol. The van der Waals surface area contributed by atoms with Crippen LogP contribution in [0.3, 0.4) is 0 Å². The summed E-state index contributed by atoms with van der Waals surface area (Å²) in [5, 5.41) is 0. The van der Waals surface area contributed by atoms with Crippen molar-refractivity contribution in [3.8, 4) is 0 Å². The van der Waals surface area contributed by atoms with Gasteiger partial charge in [0.25, 0.3) is 0 Å². The summed E-state index contributed by atoms with van der Waals surface area (Å²) in [6.45, 7) is 2.25. The highest BCUT2D eigenvalue weighted by Crippen LogP contribution is 2.24. The van der Waals surface area contributed by atoms with Gasteiger partial charge < -0.3 is 9.47 Å². The van der Waals surface area contributed by atoms with Gasteiger partial charge in [0.05, 0.1) is 18.4 Å². The minimum Gasteiger partial charge on any atom is -0.465 e. The lowest BCUT2D eigenvalue weighted by Gasteiger charge is -2.25. The molecule has 1 heterocycles. The standard InChI is InChI=1S/C14H16O4/c1-10-12(7-8-17-13(10)15)14(16)18-9-11-5-3-2-4-6-11/h2-6,10,12H,7-9H2,1H3. The molecule has 0 radical (unpaired) electrons. The van der Waals surface area contributed by atoms with Crippen LogP contribution >= 0.6 is 0 Å². The quantitative estimate of drug-likeness (QED) is 0.767. The topological polar surface area (TPSA) is 52.6 Å². The summed E-state index contributed by atoms with van der Waals surface area (Å²) in [5.41, 5.74) is 0.942. The molecule has 0 saturated carbocycles. The highest BCUT2D eigenvalue weighted by molar-refractivity contribution is 5.82. The van der Waals surface area contributed by atoms with Gasteiger partial charge in [-0.15, -0.1) is 0 Å². The lowest BCUT2D eigenvalue weighted by Crippen LogP contribution is -2.36. The van der Waals surface area contributed by atoms with Gasteiger partial charge in [-0.3, -0.25) is 9.59 Å². The van der Waals surface area contributed by atoms with Crippen LogP contribution in [0.25, 0.3) is 0 Å². The zero-order valence-electron chi connectivity index (χ0n) is 10.3. The van der Waals surface area contributed by atoms with Crippen LogP contribution in [0.5, 0.6) is 0 Å². The molecule has 0 N–H and O–H groups in total. The number of hydrogen-bond donors (Lipinski definition) is 0. The largest absolute Gasteiger partial charge is 0.465 e. The number of hydrogen-bond acceptors (Lipinski definition) is 4. The van der Waals surface area contributed by atoms with Crippen LogP contribution < -0.4 is 0 Å². The Morgan fingerprint density at radius 3 is 2.83 bits per heavy atom. The number of carbonyl (C=O) groups excluding carboxylic acids is 2. The minimum atomic E-state index is -0.415. The summed E-state index contributed by atoms with van der Waals surface area (Å²) in [5.74, 6) is -1.43. The fourth-order valence-electron chi connectivity index (χ4n) is 1.99. The summed E-state index contributed by atoms with van der Waals surface area (Å²) in [6, 6.07) is 9.48. The number of rotatable bonds is 3. The van der Waals surface area contributed by atoms with Gasteiger partial charge in [-0.2, -0.15) is 0 Å². The van der Waals surface area contributed by atoms with Crippen LogP contribution in [0.15, 0.2) is 30.3 Å². The maximum absolute atomic E-state index is 11.9. The van der Waals surface area contributed by atoms with Crippen molar-refractivity contribution in [1.82, 2.24) is 0 Å².